The van der Waals surface area contributed by atoms with E-state index in [4.69, 9.17) is 5.26 Å². The van der Waals surface area contributed by atoms with Gasteiger partial charge in [-0.3, -0.25) is 4.79 Å². The molecule has 1 aliphatic heterocycles. The number of nitrogens with one attached hydrogen (secondary N) is 2. The molecule has 17 heavy (non-hydrogen) atoms. The molecule has 1 saturated heterocycles. The Labute approximate surface area is 108 Å². The van der Waals surface area contributed by atoms with Crippen LogP contribution in [0.15, 0.2) is 0 Å². The molecule has 0 spiro atoms. The molecule has 4 nitrogen and oxygen atoms in total. The molecule has 0 aromatic heterocycles. The van der Waals surface area contributed by atoms with Gasteiger partial charge in [0, 0.05) is 11.8 Å². The van der Waals surface area contributed by atoms with Crippen molar-refractivity contribution in [1.82, 2.24) is 10.6 Å². The van der Waals surface area contributed by atoms with Crippen molar-refractivity contribution < 1.29 is 4.79 Å². The maximum absolute atomic E-state index is 11.6. The highest BCUT2D eigenvalue weighted by Crippen LogP contribution is 2.19. The number of amides is 1. The smallest absolute Gasteiger partial charge is 0.230 e. The zero-order valence-corrected chi connectivity index (χ0v) is 11.4. The molecule has 5 heteroatoms. The summed E-state index contributed by atoms with van der Waals surface area (Å²) in [5.41, 5.74) is -0.477. The van der Waals surface area contributed by atoms with E-state index in [1.54, 1.807) is 11.8 Å². The molecule has 0 bridgehead atoms. The van der Waals surface area contributed by atoms with Crippen molar-refractivity contribution in [1.29, 1.82) is 5.26 Å². The first-order chi connectivity index (χ1) is 8.03. The second kappa shape index (κ2) is 6.87. The molecule has 1 rings (SSSR count). The lowest BCUT2D eigenvalue weighted by Crippen LogP contribution is -2.35. The van der Waals surface area contributed by atoms with E-state index >= 15 is 0 Å². The van der Waals surface area contributed by atoms with E-state index < -0.39 is 5.41 Å². The lowest BCUT2D eigenvalue weighted by Gasteiger charge is -2.22. The van der Waals surface area contributed by atoms with Crippen LogP contribution in [0.2, 0.25) is 0 Å². The first-order valence-electron chi connectivity index (χ1n) is 6.04. The van der Waals surface area contributed by atoms with Crippen molar-refractivity contribution in [3.05, 3.63) is 0 Å². The molecule has 1 amide bonds. The fourth-order valence-electron chi connectivity index (χ4n) is 1.57. The van der Waals surface area contributed by atoms with Crippen LogP contribution in [0.3, 0.4) is 0 Å². The van der Waals surface area contributed by atoms with Gasteiger partial charge in [-0.05, 0) is 39.8 Å². The number of carbonyl (C=O) groups excluding carboxylic acids is 1. The summed E-state index contributed by atoms with van der Waals surface area (Å²) in [5.74, 6) is 0.545. The number of rotatable bonds is 5. The van der Waals surface area contributed by atoms with Crippen molar-refractivity contribution in [2.75, 3.05) is 25.4 Å². The van der Waals surface area contributed by atoms with Crippen LogP contribution in [0.25, 0.3) is 0 Å². The minimum atomic E-state index is -0.477. The van der Waals surface area contributed by atoms with Gasteiger partial charge < -0.3 is 10.6 Å². The van der Waals surface area contributed by atoms with Crippen molar-refractivity contribution in [2.24, 2.45) is 5.41 Å². The summed E-state index contributed by atoms with van der Waals surface area (Å²) >= 11 is 1.73. The van der Waals surface area contributed by atoms with E-state index in [-0.39, 0.29) is 5.91 Å². The van der Waals surface area contributed by atoms with E-state index in [1.165, 1.54) is 0 Å². The molecule has 96 valence electrons. The van der Waals surface area contributed by atoms with Crippen LogP contribution < -0.4 is 10.6 Å². The Bertz CT molecular complexity index is 293. The van der Waals surface area contributed by atoms with Crippen LogP contribution in [0, 0.1) is 16.7 Å². The van der Waals surface area contributed by atoms with Gasteiger partial charge >= 0.3 is 0 Å². The maximum Gasteiger partial charge on any atom is 0.230 e. The molecule has 2 N–H and O–H groups in total. The van der Waals surface area contributed by atoms with Crippen LogP contribution in [0.5, 0.6) is 0 Å². The Morgan fingerprint density at radius 2 is 2.18 bits per heavy atom. The summed E-state index contributed by atoms with van der Waals surface area (Å²) in [4.78, 5) is 11.6. The lowest BCUT2D eigenvalue weighted by molar-refractivity contribution is -0.118. The average molecular weight is 255 g/mol. The zero-order valence-electron chi connectivity index (χ0n) is 10.6. The number of nitriles is 1. The SMILES string of the molecule is CC(C)(C#N)CNC(=O)CSC1CCNCC1. The fourth-order valence-corrected chi connectivity index (χ4v) is 2.62. The molecule has 0 aliphatic carbocycles. The minimum absolute atomic E-state index is 0.0388. The topological polar surface area (TPSA) is 64.9 Å². The summed E-state index contributed by atoms with van der Waals surface area (Å²) in [5, 5.41) is 15.6. The number of hydrogen-bond acceptors (Lipinski definition) is 4. The van der Waals surface area contributed by atoms with Gasteiger partial charge in [0.05, 0.1) is 17.2 Å². The summed E-state index contributed by atoms with van der Waals surface area (Å²) in [7, 11) is 0. The third kappa shape index (κ3) is 5.94. The van der Waals surface area contributed by atoms with E-state index in [9.17, 15) is 4.79 Å². The molecule has 0 aromatic carbocycles. The third-order valence-corrected chi connectivity index (χ3v) is 4.14. The highest BCUT2D eigenvalue weighted by Gasteiger charge is 2.19. The average Bonchev–Trinajstić information content (AvgIpc) is 2.35. The predicted molar refractivity (Wildman–Crippen MR) is 70.8 cm³/mol. The first kappa shape index (κ1) is 14.3. The molecule has 1 aliphatic rings. The van der Waals surface area contributed by atoms with E-state index in [0.29, 0.717) is 17.5 Å². The summed E-state index contributed by atoms with van der Waals surface area (Å²) in [6, 6.07) is 2.17. The van der Waals surface area contributed by atoms with Crippen LogP contribution in [0.1, 0.15) is 26.7 Å². The Hall–Kier alpha value is -0.730. The standard InChI is InChI=1S/C12H21N3OS/c1-12(2,8-13)9-15-11(16)7-17-10-3-5-14-6-4-10/h10,14H,3-7,9H2,1-2H3,(H,15,16). The molecule has 0 saturated carbocycles. The van der Waals surface area contributed by atoms with Crippen LogP contribution in [-0.4, -0.2) is 36.5 Å². The lowest BCUT2D eigenvalue weighted by atomic mass is 9.96. The fraction of sp³-hybridized carbons (Fsp3) is 0.833. The quantitative estimate of drug-likeness (QED) is 0.773. The predicted octanol–water partition coefficient (Wildman–Crippen LogP) is 1.14. The number of hydrogen-bond donors (Lipinski definition) is 2. The Morgan fingerprint density at radius 1 is 1.53 bits per heavy atom. The van der Waals surface area contributed by atoms with Gasteiger partial charge in [-0.25, -0.2) is 0 Å². The highest BCUT2D eigenvalue weighted by atomic mass is 32.2. The molecule has 0 aromatic rings. The second-order valence-corrected chi connectivity index (χ2v) is 6.32. The Kier molecular flexibility index (Phi) is 5.79. The van der Waals surface area contributed by atoms with Gasteiger partial charge in [0.1, 0.15) is 0 Å². The highest BCUT2D eigenvalue weighted by molar-refractivity contribution is 8.00. The molecular formula is C12H21N3OS. The van der Waals surface area contributed by atoms with Gasteiger partial charge in [0.25, 0.3) is 0 Å². The third-order valence-electron chi connectivity index (χ3n) is 2.77. The molecule has 0 unspecified atom stereocenters. The number of nitrogens with zero attached hydrogens (tertiary/aromatic N) is 1. The summed E-state index contributed by atoms with van der Waals surface area (Å²) in [6.45, 7) is 6.19. The maximum atomic E-state index is 11.6. The van der Waals surface area contributed by atoms with Gasteiger partial charge in [0.2, 0.25) is 5.91 Å². The normalized spacial score (nSPS) is 17.5. The van der Waals surface area contributed by atoms with E-state index in [2.05, 4.69) is 16.7 Å². The van der Waals surface area contributed by atoms with Crippen molar-refractivity contribution >= 4 is 17.7 Å². The Morgan fingerprint density at radius 3 is 2.76 bits per heavy atom. The van der Waals surface area contributed by atoms with Crippen LogP contribution in [0.4, 0.5) is 0 Å². The molecular weight excluding hydrogens is 234 g/mol. The molecule has 0 atom stereocenters. The Balaban J connectivity index is 2.15. The molecule has 1 fully saturated rings. The van der Waals surface area contributed by atoms with Crippen LogP contribution in [-0.2, 0) is 4.79 Å². The second-order valence-electron chi connectivity index (χ2n) is 5.03. The van der Waals surface area contributed by atoms with Gasteiger partial charge in [-0.1, -0.05) is 0 Å². The van der Waals surface area contributed by atoms with Crippen molar-refractivity contribution in [3.63, 3.8) is 0 Å². The minimum Gasteiger partial charge on any atom is -0.354 e. The number of thioether (sulfide) groups is 1. The van der Waals surface area contributed by atoms with Gasteiger partial charge in [-0.2, -0.15) is 5.26 Å². The number of carbonyl (C=O) groups is 1. The van der Waals surface area contributed by atoms with Crippen LogP contribution >= 0.6 is 11.8 Å². The van der Waals surface area contributed by atoms with Crippen molar-refractivity contribution in [2.45, 2.75) is 31.9 Å². The molecule has 0 radical (unpaired) electrons. The molecule has 1 heterocycles. The van der Waals surface area contributed by atoms with E-state index in [1.807, 2.05) is 13.8 Å². The summed E-state index contributed by atoms with van der Waals surface area (Å²) < 4.78 is 0. The monoisotopic (exact) mass is 255 g/mol. The van der Waals surface area contributed by atoms with E-state index in [0.717, 1.165) is 25.9 Å². The van der Waals surface area contributed by atoms with Gasteiger partial charge in [-0.15, -0.1) is 11.8 Å². The first-order valence-corrected chi connectivity index (χ1v) is 7.09. The largest absolute Gasteiger partial charge is 0.354 e. The number of piperidine rings is 1. The van der Waals surface area contributed by atoms with Gasteiger partial charge in [0.15, 0.2) is 0 Å². The summed E-state index contributed by atoms with van der Waals surface area (Å²) in [6.07, 6.45) is 2.28. The zero-order chi connectivity index (χ0) is 12.7. The van der Waals surface area contributed by atoms with Crippen molar-refractivity contribution in [3.8, 4) is 6.07 Å².